The van der Waals surface area contributed by atoms with Gasteiger partial charge in [0.2, 0.25) is 5.91 Å². The van der Waals surface area contributed by atoms with Crippen molar-refractivity contribution in [3.63, 3.8) is 0 Å². The number of hydrogen-bond donors (Lipinski definition) is 3. The largest absolute Gasteiger partial charge is 0.444 e. The van der Waals surface area contributed by atoms with Gasteiger partial charge in [-0.05, 0) is 51.5 Å². The van der Waals surface area contributed by atoms with Crippen LogP contribution in [0.3, 0.4) is 0 Å². The minimum Gasteiger partial charge on any atom is -0.444 e. The van der Waals surface area contributed by atoms with Crippen molar-refractivity contribution in [2.75, 3.05) is 12.0 Å². The maximum absolute atomic E-state index is 12.9. The molecule has 0 saturated carbocycles. The lowest BCUT2D eigenvalue weighted by molar-refractivity contribution is -0.125. The Morgan fingerprint density at radius 3 is 2.50 bits per heavy atom. The zero-order chi connectivity index (χ0) is 21.3. The van der Waals surface area contributed by atoms with E-state index >= 15 is 0 Å². The van der Waals surface area contributed by atoms with Crippen molar-refractivity contribution in [3.05, 3.63) is 16.6 Å². The van der Waals surface area contributed by atoms with Gasteiger partial charge < -0.3 is 20.5 Å². The smallest absolute Gasteiger partial charge is 0.408 e. The fourth-order valence-corrected chi connectivity index (χ4v) is 3.72. The number of ether oxygens (including phenoxy) is 1. The topological polar surface area (TPSA) is 101 Å². The van der Waals surface area contributed by atoms with Crippen molar-refractivity contribution in [3.8, 4) is 0 Å². The summed E-state index contributed by atoms with van der Waals surface area (Å²) in [4.78, 5) is 29.2. The summed E-state index contributed by atoms with van der Waals surface area (Å²) in [7, 11) is 0. The summed E-state index contributed by atoms with van der Waals surface area (Å²) in [6.07, 6.45) is 3.14. The third-order valence-corrected chi connectivity index (χ3v) is 5.25. The summed E-state index contributed by atoms with van der Waals surface area (Å²) in [5.74, 6) is 0.641. The first-order chi connectivity index (χ1) is 13.0. The Bertz CT molecular complexity index is 603. The minimum absolute atomic E-state index is 0.194. The van der Waals surface area contributed by atoms with Crippen LogP contribution in [0, 0.1) is 5.92 Å². The van der Waals surface area contributed by atoms with Crippen LogP contribution in [0.15, 0.2) is 11.6 Å². The highest BCUT2D eigenvalue weighted by Gasteiger charge is 2.30. The highest BCUT2D eigenvalue weighted by atomic mass is 32.2. The molecule has 3 atom stereocenters. The number of carbonyl (C=O) groups excluding carboxylic acids is 2. The van der Waals surface area contributed by atoms with Crippen LogP contribution in [0.2, 0.25) is 0 Å². The average Bonchev–Trinajstić information content (AvgIpc) is 3.09. The summed E-state index contributed by atoms with van der Waals surface area (Å²) in [5, 5.41) is 18.6. The molecule has 3 N–H and O–H groups in total. The number of amides is 2. The van der Waals surface area contributed by atoms with Crippen molar-refractivity contribution in [1.29, 1.82) is 0 Å². The first-order valence-corrected chi connectivity index (χ1v) is 11.7. The molecule has 28 heavy (non-hydrogen) atoms. The molecule has 0 radical (unpaired) electrons. The minimum atomic E-state index is -0.891. The van der Waals surface area contributed by atoms with Gasteiger partial charge in [-0.3, -0.25) is 4.79 Å². The molecular formula is C19H33N3O4S2. The van der Waals surface area contributed by atoms with E-state index in [9.17, 15) is 14.7 Å². The molecule has 0 bridgehead atoms. The normalized spacial score (nSPS) is 15.0. The van der Waals surface area contributed by atoms with E-state index in [1.807, 2.05) is 20.1 Å². The second-order valence-corrected chi connectivity index (χ2v) is 9.95. The van der Waals surface area contributed by atoms with Gasteiger partial charge in [0, 0.05) is 11.6 Å². The number of rotatable bonds is 10. The molecule has 0 aliphatic carbocycles. The van der Waals surface area contributed by atoms with Crippen molar-refractivity contribution >= 4 is 35.1 Å². The molecule has 0 aliphatic rings. The standard InChI is InChI=1S/C19H33N3O4S2/c1-12(2)11-14(22-18(25)26-19(3,4)5)16(24)21-13(7-9-27-6)15(23)17-20-8-10-28-17/h8,10,12-15,23H,7,9,11H2,1-6H3,(H,21,24)(H,22,25)/t13-,14+,15+/m1/s1. The third kappa shape index (κ3) is 9.25. The van der Waals surface area contributed by atoms with E-state index in [2.05, 4.69) is 15.6 Å². The summed E-state index contributed by atoms with van der Waals surface area (Å²) < 4.78 is 5.29. The van der Waals surface area contributed by atoms with Gasteiger partial charge in [-0.25, -0.2) is 9.78 Å². The van der Waals surface area contributed by atoms with Crippen LogP contribution in [0.1, 0.15) is 58.6 Å². The molecule has 2 amide bonds. The number of aromatic nitrogens is 1. The van der Waals surface area contributed by atoms with Crippen LogP contribution in [0.25, 0.3) is 0 Å². The Labute approximate surface area is 176 Å². The Hall–Kier alpha value is -1.32. The number of thiazole rings is 1. The highest BCUT2D eigenvalue weighted by Crippen LogP contribution is 2.22. The SMILES string of the molecule is CSCC[C@@H](NC(=O)[C@H](CC(C)C)NC(=O)OC(C)(C)C)[C@H](O)c1nccs1. The number of thioether (sulfide) groups is 1. The van der Waals surface area contributed by atoms with Crippen LogP contribution in [-0.2, 0) is 9.53 Å². The molecule has 1 heterocycles. The van der Waals surface area contributed by atoms with Gasteiger partial charge in [-0.1, -0.05) is 13.8 Å². The molecule has 7 nitrogen and oxygen atoms in total. The average molecular weight is 432 g/mol. The van der Waals surface area contributed by atoms with Crippen molar-refractivity contribution in [2.24, 2.45) is 5.92 Å². The lowest BCUT2D eigenvalue weighted by atomic mass is 10.0. The Morgan fingerprint density at radius 1 is 1.32 bits per heavy atom. The maximum atomic E-state index is 12.9. The summed E-state index contributed by atoms with van der Waals surface area (Å²) in [5.41, 5.74) is -0.648. The molecule has 160 valence electrons. The lowest BCUT2D eigenvalue weighted by Crippen LogP contribution is -2.52. The zero-order valence-electron chi connectivity index (χ0n) is 17.5. The van der Waals surface area contributed by atoms with Crippen LogP contribution in [0.4, 0.5) is 4.79 Å². The van der Waals surface area contributed by atoms with E-state index in [0.29, 0.717) is 17.8 Å². The summed E-state index contributed by atoms with van der Waals surface area (Å²) >= 11 is 2.99. The second kappa shape index (κ2) is 11.6. The highest BCUT2D eigenvalue weighted by molar-refractivity contribution is 7.98. The molecule has 1 aromatic rings. The predicted molar refractivity (Wildman–Crippen MR) is 115 cm³/mol. The van der Waals surface area contributed by atoms with Crippen molar-refractivity contribution < 1.29 is 19.4 Å². The maximum Gasteiger partial charge on any atom is 0.408 e. The van der Waals surface area contributed by atoms with E-state index in [1.165, 1.54) is 11.3 Å². The predicted octanol–water partition coefficient (Wildman–Crippen LogP) is 3.35. The van der Waals surface area contributed by atoms with Gasteiger partial charge in [0.25, 0.3) is 0 Å². The molecule has 1 rings (SSSR count). The van der Waals surface area contributed by atoms with Gasteiger partial charge in [0.15, 0.2) is 0 Å². The van der Waals surface area contributed by atoms with Crippen LogP contribution >= 0.6 is 23.1 Å². The number of carbonyl (C=O) groups is 2. The van der Waals surface area contributed by atoms with E-state index in [0.717, 1.165) is 5.75 Å². The number of nitrogens with zero attached hydrogens (tertiary/aromatic N) is 1. The van der Waals surface area contributed by atoms with E-state index in [-0.39, 0.29) is 11.8 Å². The molecule has 0 aliphatic heterocycles. The van der Waals surface area contributed by atoms with Crippen molar-refractivity contribution in [2.45, 2.75) is 71.2 Å². The Kier molecular flexibility index (Phi) is 10.3. The zero-order valence-corrected chi connectivity index (χ0v) is 19.2. The van der Waals surface area contributed by atoms with Gasteiger partial charge in [0.05, 0.1) is 6.04 Å². The number of aliphatic hydroxyl groups excluding tert-OH is 1. The molecule has 0 unspecified atom stereocenters. The quantitative estimate of drug-likeness (QED) is 0.525. The Morgan fingerprint density at radius 2 is 2.00 bits per heavy atom. The molecule has 1 aromatic heterocycles. The Balaban J connectivity index is 2.86. The first kappa shape index (κ1) is 24.7. The van der Waals surface area contributed by atoms with Crippen LogP contribution in [-0.4, -0.2) is 51.8 Å². The number of aliphatic hydroxyl groups is 1. The van der Waals surface area contributed by atoms with Gasteiger partial charge in [-0.2, -0.15) is 11.8 Å². The molecule has 0 saturated heterocycles. The number of hydrogen-bond acceptors (Lipinski definition) is 7. The first-order valence-electron chi connectivity index (χ1n) is 9.39. The van der Waals surface area contributed by atoms with Crippen LogP contribution in [0.5, 0.6) is 0 Å². The summed E-state index contributed by atoms with van der Waals surface area (Å²) in [6.45, 7) is 9.27. The van der Waals surface area contributed by atoms with Gasteiger partial charge >= 0.3 is 6.09 Å². The molecule has 0 fully saturated rings. The number of nitrogens with one attached hydrogen (secondary N) is 2. The third-order valence-electron chi connectivity index (χ3n) is 3.76. The van der Waals surface area contributed by atoms with Gasteiger partial charge in [-0.15, -0.1) is 11.3 Å². The van der Waals surface area contributed by atoms with Crippen molar-refractivity contribution in [1.82, 2.24) is 15.6 Å². The van der Waals surface area contributed by atoms with E-state index < -0.39 is 29.9 Å². The number of alkyl carbamates (subject to hydrolysis) is 1. The van der Waals surface area contributed by atoms with E-state index in [4.69, 9.17) is 4.74 Å². The lowest BCUT2D eigenvalue weighted by Gasteiger charge is -2.27. The van der Waals surface area contributed by atoms with Crippen LogP contribution < -0.4 is 10.6 Å². The molecule has 0 aromatic carbocycles. The fourth-order valence-electron chi connectivity index (χ4n) is 2.54. The molecule has 0 spiro atoms. The summed E-state index contributed by atoms with van der Waals surface area (Å²) in [6, 6.07) is -1.23. The van der Waals surface area contributed by atoms with E-state index in [1.54, 1.807) is 44.1 Å². The monoisotopic (exact) mass is 431 g/mol. The molecular weight excluding hydrogens is 398 g/mol. The fraction of sp³-hybridized carbons (Fsp3) is 0.737. The second-order valence-electron chi connectivity index (χ2n) is 8.04. The molecule has 9 heteroatoms. The van der Waals surface area contributed by atoms with Gasteiger partial charge in [0.1, 0.15) is 22.8 Å².